The Hall–Kier alpha value is -0.980. The van der Waals surface area contributed by atoms with Crippen molar-refractivity contribution in [2.45, 2.75) is 12.5 Å². The average Bonchev–Trinajstić information content (AvgIpc) is 2.73. The number of halogens is 2. The summed E-state index contributed by atoms with van der Waals surface area (Å²) in [6.45, 7) is 0. The zero-order chi connectivity index (χ0) is 12.3. The van der Waals surface area contributed by atoms with Crippen LogP contribution in [0, 0.1) is 6.42 Å². The topological polar surface area (TPSA) is 74.7 Å². The molecule has 5 nitrogen and oxygen atoms in total. The second kappa shape index (κ2) is 5.57. The van der Waals surface area contributed by atoms with Crippen LogP contribution in [0.4, 0.5) is 0 Å². The van der Waals surface area contributed by atoms with Crippen LogP contribution in [-0.4, -0.2) is 25.3 Å². The Morgan fingerprint density at radius 3 is 3.06 bits per heavy atom. The van der Waals surface area contributed by atoms with Gasteiger partial charge in [0.2, 0.25) is 4.73 Å². The minimum absolute atomic E-state index is 0.359. The quantitative estimate of drug-likeness (QED) is 0.907. The Bertz CT molecular complexity index is 505. The molecular weight excluding hydrogens is 307 g/mol. The van der Waals surface area contributed by atoms with Gasteiger partial charge in [-0.05, 0) is 34.5 Å². The molecule has 0 fully saturated rings. The van der Waals surface area contributed by atoms with Gasteiger partial charge < -0.3 is 5.11 Å². The van der Waals surface area contributed by atoms with Crippen LogP contribution in [0.15, 0.2) is 23.1 Å². The fraction of sp³-hybridized carbons (Fsp3) is 0.200. The van der Waals surface area contributed by atoms with E-state index in [9.17, 15) is 5.11 Å². The molecule has 0 bridgehead atoms. The first-order valence-corrected chi connectivity index (χ1v) is 6.03. The third-order valence-electron chi connectivity index (χ3n) is 2.11. The lowest BCUT2D eigenvalue weighted by molar-refractivity contribution is 0.173. The van der Waals surface area contributed by atoms with Gasteiger partial charge in [0.1, 0.15) is 5.82 Å². The van der Waals surface area contributed by atoms with E-state index >= 15 is 0 Å². The average molecular weight is 317 g/mol. The molecule has 1 atom stereocenters. The third-order valence-corrected chi connectivity index (χ3v) is 2.79. The highest BCUT2D eigenvalue weighted by Gasteiger charge is 2.13. The van der Waals surface area contributed by atoms with Crippen LogP contribution in [0.1, 0.15) is 24.0 Å². The molecule has 0 aliphatic rings. The molecule has 89 valence electrons. The maximum atomic E-state index is 9.92. The molecule has 0 spiro atoms. The number of nitrogens with one attached hydrogen (secondary N) is 1. The van der Waals surface area contributed by atoms with E-state index in [0.717, 1.165) is 0 Å². The fourth-order valence-corrected chi connectivity index (χ4v) is 1.85. The Kier molecular flexibility index (Phi) is 4.09. The van der Waals surface area contributed by atoms with E-state index in [4.69, 9.17) is 11.6 Å². The third kappa shape index (κ3) is 3.24. The van der Waals surface area contributed by atoms with E-state index in [0.29, 0.717) is 27.7 Å². The molecule has 0 amide bonds. The van der Waals surface area contributed by atoms with Gasteiger partial charge in [-0.25, -0.2) is 4.98 Å². The van der Waals surface area contributed by atoms with Crippen LogP contribution in [-0.2, 0) is 0 Å². The molecule has 0 aliphatic carbocycles. The molecule has 2 rings (SSSR count). The molecule has 7 heteroatoms. The number of hydrogen-bond acceptors (Lipinski definition) is 4. The Balaban J connectivity index is 1.98. The highest BCUT2D eigenvalue weighted by Crippen LogP contribution is 2.24. The first-order chi connectivity index (χ1) is 8.16. The van der Waals surface area contributed by atoms with Crippen LogP contribution in [0.25, 0.3) is 0 Å². The number of aromatic nitrogens is 4. The van der Waals surface area contributed by atoms with Crippen molar-refractivity contribution in [3.8, 4) is 0 Å². The summed E-state index contributed by atoms with van der Waals surface area (Å²) in [7, 11) is 0. The largest absolute Gasteiger partial charge is 0.387 e. The van der Waals surface area contributed by atoms with Crippen molar-refractivity contribution in [2.75, 3.05) is 0 Å². The van der Waals surface area contributed by atoms with Gasteiger partial charge in [-0.2, -0.15) is 0 Å². The standard InChI is InChI=1S/C10H9BrClN4O/c11-10-14-8(15-16-10)4-3-7(17)9-6(12)2-1-5-13-9/h1-2,4-5,7,17H,3H2,(H,14,15,16). The highest BCUT2D eigenvalue weighted by atomic mass is 79.9. The lowest BCUT2D eigenvalue weighted by Gasteiger charge is -2.09. The molecule has 0 saturated heterocycles. The molecule has 0 aliphatic heterocycles. The zero-order valence-corrected chi connectivity index (χ0v) is 11.0. The number of rotatable bonds is 4. The number of aromatic amines is 1. The molecule has 17 heavy (non-hydrogen) atoms. The SMILES string of the molecule is OC(C[CH]c1nc(Br)n[nH]1)c1ncccc1Cl. The predicted octanol–water partition coefficient (Wildman–Crippen LogP) is 2.29. The number of aliphatic hydroxyl groups is 1. The normalized spacial score (nSPS) is 12.6. The van der Waals surface area contributed by atoms with Gasteiger partial charge in [-0.3, -0.25) is 10.1 Å². The van der Waals surface area contributed by atoms with Crippen LogP contribution < -0.4 is 0 Å². The molecule has 2 aromatic rings. The van der Waals surface area contributed by atoms with Crippen LogP contribution in [0.2, 0.25) is 5.02 Å². The van der Waals surface area contributed by atoms with Gasteiger partial charge in [-0.15, -0.1) is 5.10 Å². The van der Waals surface area contributed by atoms with Crippen molar-refractivity contribution in [1.29, 1.82) is 0 Å². The van der Waals surface area contributed by atoms with E-state index in [-0.39, 0.29) is 0 Å². The summed E-state index contributed by atoms with van der Waals surface area (Å²) in [5.74, 6) is 0.586. The van der Waals surface area contributed by atoms with Crippen LogP contribution >= 0.6 is 27.5 Å². The summed E-state index contributed by atoms with van der Waals surface area (Å²) in [4.78, 5) is 8.07. The van der Waals surface area contributed by atoms with Gasteiger partial charge in [0.15, 0.2) is 0 Å². The smallest absolute Gasteiger partial charge is 0.217 e. The molecule has 2 N–H and O–H groups in total. The lowest BCUT2D eigenvalue weighted by atomic mass is 10.1. The lowest BCUT2D eigenvalue weighted by Crippen LogP contribution is -2.02. The summed E-state index contributed by atoms with van der Waals surface area (Å²) in [5, 5.41) is 16.9. The number of nitrogens with zero attached hydrogens (tertiary/aromatic N) is 3. The summed E-state index contributed by atoms with van der Waals surface area (Å²) < 4.78 is 0.481. The Morgan fingerprint density at radius 1 is 1.59 bits per heavy atom. The number of pyridine rings is 1. The van der Waals surface area contributed by atoms with Crippen molar-refractivity contribution in [3.05, 3.63) is 46.0 Å². The number of H-pyrrole nitrogens is 1. The summed E-state index contributed by atoms with van der Waals surface area (Å²) in [5.41, 5.74) is 0.462. The summed E-state index contributed by atoms with van der Waals surface area (Å²) in [6, 6.07) is 3.41. The molecule has 1 radical (unpaired) electrons. The minimum atomic E-state index is -0.757. The first-order valence-electron chi connectivity index (χ1n) is 4.86. The van der Waals surface area contributed by atoms with E-state index in [1.807, 2.05) is 0 Å². The van der Waals surface area contributed by atoms with Crippen molar-refractivity contribution in [1.82, 2.24) is 20.2 Å². The van der Waals surface area contributed by atoms with Gasteiger partial charge in [0.05, 0.1) is 16.8 Å². The highest BCUT2D eigenvalue weighted by molar-refractivity contribution is 9.10. The second-order valence-corrected chi connectivity index (χ2v) is 4.43. The monoisotopic (exact) mass is 315 g/mol. The summed E-state index contributed by atoms with van der Waals surface area (Å²) in [6.07, 6.45) is 2.92. The van der Waals surface area contributed by atoms with Crippen LogP contribution in [0.5, 0.6) is 0 Å². The first kappa shape index (κ1) is 12.5. The molecule has 1 unspecified atom stereocenters. The molecule has 2 aromatic heterocycles. The Labute approximate surface area is 111 Å². The number of hydrogen-bond donors (Lipinski definition) is 2. The van der Waals surface area contributed by atoms with E-state index in [1.54, 1.807) is 24.8 Å². The van der Waals surface area contributed by atoms with Crippen molar-refractivity contribution in [2.24, 2.45) is 0 Å². The molecular formula is C10H9BrClN4O. The maximum Gasteiger partial charge on any atom is 0.217 e. The molecule has 2 heterocycles. The van der Waals surface area contributed by atoms with E-state index in [2.05, 4.69) is 36.1 Å². The number of aliphatic hydroxyl groups excluding tert-OH is 1. The molecule has 0 aromatic carbocycles. The maximum absolute atomic E-state index is 9.92. The zero-order valence-electron chi connectivity index (χ0n) is 8.64. The van der Waals surface area contributed by atoms with Crippen LogP contribution in [0.3, 0.4) is 0 Å². The second-order valence-electron chi connectivity index (χ2n) is 3.32. The minimum Gasteiger partial charge on any atom is -0.387 e. The van der Waals surface area contributed by atoms with Gasteiger partial charge in [0, 0.05) is 12.6 Å². The fourth-order valence-electron chi connectivity index (χ4n) is 1.32. The van der Waals surface area contributed by atoms with Gasteiger partial charge in [-0.1, -0.05) is 11.6 Å². The van der Waals surface area contributed by atoms with Gasteiger partial charge in [0.25, 0.3) is 0 Å². The summed E-state index contributed by atoms with van der Waals surface area (Å²) >= 11 is 9.05. The van der Waals surface area contributed by atoms with Crippen molar-refractivity contribution < 1.29 is 5.11 Å². The van der Waals surface area contributed by atoms with E-state index < -0.39 is 6.10 Å². The molecule has 0 saturated carbocycles. The predicted molar refractivity (Wildman–Crippen MR) is 66.3 cm³/mol. The van der Waals surface area contributed by atoms with Gasteiger partial charge >= 0.3 is 0 Å². The van der Waals surface area contributed by atoms with Crippen molar-refractivity contribution >= 4 is 27.5 Å². The van der Waals surface area contributed by atoms with Crippen molar-refractivity contribution in [3.63, 3.8) is 0 Å². The Morgan fingerprint density at radius 2 is 2.41 bits per heavy atom. The van der Waals surface area contributed by atoms with E-state index in [1.165, 1.54) is 0 Å².